The van der Waals surface area contributed by atoms with E-state index in [2.05, 4.69) is 0 Å². The lowest BCUT2D eigenvalue weighted by atomic mass is 10.0. The van der Waals surface area contributed by atoms with E-state index in [9.17, 15) is 19.2 Å². The van der Waals surface area contributed by atoms with Crippen molar-refractivity contribution in [2.24, 2.45) is 0 Å². The lowest BCUT2D eigenvalue weighted by molar-refractivity contribution is -0.226. The average Bonchev–Trinajstić information content (AvgIpc) is 2.65. The van der Waals surface area contributed by atoms with Gasteiger partial charge < -0.3 is 24.1 Å². The van der Waals surface area contributed by atoms with Crippen LogP contribution in [0.3, 0.4) is 0 Å². The van der Waals surface area contributed by atoms with Gasteiger partial charge in [-0.2, -0.15) is 0 Å². The van der Waals surface area contributed by atoms with Crippen LogP contribution >= 0.6 is 0 Å². The van der Waals surface area contributed by atoms with E-state index in [1.54, 1.807) is 6.92 Å². The second-order valence-corrected chi connectivity index (χ2v) is 6.38. The number of carboxylic acids is 1. The largest absolute Gasteiger partial charge is 0.478 e. The Labute approximate surface area is 164 Å². The summed E-state index contributed by atoms with van der Waals surface area (Å²) in [6.45, 7) is 3.74. The highest BCUT2D eigenvalue weighted by Crippen LogP contribution is 2.24. The molecule has 3 unspecified atom stereocenters. The Morgan fingerprint density at radius 3 is 2.36 bits per heavy atom. The van der Waals surface area contributed by atoms with Crippen LogP contribution in [0.1, 0.15) is 58.8 Å². The second kappa shape index (κ2) is 12.9. The Kier molecular flexibility index (Phi) is 10.9. The summed E-state index contributed by atoms with van der Waals surface area (Å²) in [5, 5.41) is 8.59. The number of aliphatic carboxylic acids is 1. The van der Waals surface area contributed by atoms with Gasteiger partial charge in [0.15, 0.2) is 0 Å². The van der Waals surface area contributed by atoms with E-state index in [0.717, 1.165) is 6.08 Å². The molecule has 1 rings (SSSR count). The fourth-order valence-electron chi connectivity index (χ4n) is 2.58. The lowest BCUT2D eigenvalue weighted by Crippen LogP contribution is -2.43. The van der Waals surface area contributed by atoms with Gasteiger partial charge in [0.05, 0.1) is 6.10 Å². The van der Waals surface area contributed by atoms with E-state index in [-0.39, 0.29) is 19.0 Å². The van der Waals surface area contributed by atoms with Crippen LogP contribution in [0.2, 0.25) is 0 Å². The molecule has 1 fully saturated rings. The molecule has 1 N–H and O–H groups in total. The van der Waals surface area contributed by atoms with Gasteiger partial charge in [0.25, 0.3) is 6.29 Å². The summed E-state index contributed by atoms with van der Waals surface area (Å²) >= 11 is 0. The molecule has 0 radical (unpaired) electrons. The highest BCUT2D eigenvalue weighted by Gasteiger charge is 2.34. The minimum Gasteiger partial charge on any atom is -0.478 e. The molecule has 158 valence electrons. The van der Waals surface area contributed by atoms with E-state index in [4.69, 9.17) is 24.1 Å². The first-order valence-corrected chi connectivity index (χ1v) is 9.47. The summed E-state index contributed by atoms with van der Waals surface area (Å²) in [7, 11) is 0. The number of carbonyl (C=O) groups is 4. The quantitative estimate of drug-likeness (QED) is 0.315. The van der Waals surface area contributed by atoms with Gasteiger partial charge in [-0.25, -0.2) is 9.59 Å². The van der Waals surface area contributed by atoms with Crippen molar-refractivity contribution < 1.29 is 43.2 Å². The van der Waals surface area contributed by atoms with E-state index >= 15 is 0 Å². The van der Waals surface area contributed by atoms with Crippen molar-refractivity contribution in [3.63, 3.8) is 0 Å². The molecule has 0 aromatic heterocycles. The molecule has 0 aromatic carbocycles. The summed E-state index contributed by atoms with van der Waals surface area (Å²) in [5.74, 6) is -3.14. The predicted molar refractivity (Wildman–Crippen MR) is 96.0 cm³/mol. The zero-order valence-corrected chi connectivity index (χ0v) is 16.3. The van der Waals surface area contributed by atoms with Crippen LogP contribution in [0.5, 0.6) is 0 Å². The summed E-state index contributed by atoms with van der Waals surface area (Å²) < 4.78 is 21.3. The number of rotatable bonds is 11. The van der Waals surface area contributed by atoms with E-state index in [0.29, 0.717) is 44.6 Å². The number of carbonyl (C=O) groups excluding carboxylic acids is 3. The van der Waals surface area contributed by atoms with Crippen LogP contribution < -0.4 is 0 Å². The van der Waals surface area contributed by atoms with Crippen molar-refractivity contribution in [3.8, 4) is 0 Å². The van der Waals surface area contributed by atoms with Crippen LogP contribution in [0.4, 0.5) is 0 Å². The van der Waals surface area contributed by atoms with Crippen molar-refractivity contribution in [1.29, 1.82) is 0 Å². The molecule has 0 saturated carbocycles. The molecule has 0 spiro atoms. The van der Waals surface area contributed by atoms with Gasteiger partial charge in [-0.3, -0.25) is 9.59 Å². The summed E-state index contributed by atoms with van der Waals surface area (Å²) in [5.41, 5.74) is 0. The molecule has 0 aliphatic carbocycles. The molecule has 1 aliphatic rings. The zero-order valence-electron chi connectivity index (χ0n) is 16.3. The van der Waals surface area contributed by atoms with Crippen molar-refractivity contribution in [2.75, 3.05) is 6.61 Å². The third kappa shape index (κ3) is 9.50. The van der Waals surface area contributed by atoms with E-state index in [1.807, 2.05) is 6.92 Å². The van der Waals surface area contributed by atoms with Gasteiger partial charge >= 0.3 is 23.9 Å². The Hall–Kier alpha value is -2.42. The van der Waals surface area contributed by atoms with Crippen LogP contribution in [0.25, 0.3) is 0 Å². The lowest BCUT2D eigenvalue weighted by Gasteiger charge is -2.33. The Morgan fingerprint density at radius 1 is 1.04 bits per heavy atom. The molecule has 9 heteroatoms. The number of carboxylic acid groups (broad SMARTS) is 1. The molecule has 1 aliphatic heterocycles. The summed E-state index contributed by atoms with van der Waals surface area (Å²) in [4.78, 5) is 45.7. The summed E-state index contributed by atoms with van der Waals surface area (Å²) in [6, 6.07) is 0. The smallest absolute Gasteiger partial charge is 0.334 e. The van der Waals surface area contributed by atoms with Crippen molar-refractivity contribution >= 4 is 23.9 Å². The number of hydrogen-bond donors (Lipinski definition) is 1. The summed E-state index contributed by atoms with van der Waals surface area (Å²) in [6.07, 6.45) is 2.45. The molecule has 1 saturated heterocycles. The van der Waals surface area contributed by atoms with Crippen molar-refractivity contribution in [3.05, 3.63) is 12.2 Å². The molecule has 0 amide bonds. The topological polar surface area (TPSA) is 125 Å². The number of hydrogen-bond acceptors (Lipinski definition) is 8. The standard InChI is InChI=1S/C19H28O9/c1-3-6-16(22)25-12-13-8-5-9-14(26-13)19(27-17(23)7-4-2)28-18(24)11-10-15(20)21/h10-11,13-14,19H,3-9,12H2,1-2H3,(H,20,21)/b11-10+. The van der Waals surface area contributed by atoms with Gasteiger partial charge in [0, 0.05) is 25.0 Å². The maximum Gasteiger partial charge on any atom is 0.334 e. The first kappa shape index (κ1) is 23.6. The van der Waals surface area contributed by atoms with E-state index < -0.39 is 36.4 Å². The minimum atomic E-state index is -1.31. The Balaban J connectivity index is 2.72. The normalized spacial score (nSPS) is 20.4. The van der Waals surface area contributed by atoms with Gasteiger partial charge in [-0.15, -0.1) is 0 Å². The molecule has 9 nitrogen and oxygen atoms in total. The number of esters is 3. The number of ether oxygens (including phenoxy) is 4. The fourth-order valence-corrected chi connectivity index (χ4v) is 2.58. The van der Waals surface area contributed by atoms with Gasteiger partial charge in [0.2, 0.25) is 0 Å². The maximum absolute atomic E-state index is 11.9. The average molecular weight is 400 g/mol. The van der Waals surface area contributed by atoms with E-state index in [1.165, 1.54) is 0 Å². The highest BCUT2D eigenvalue weighted by atomic mass is 16.7. The first-order valence-electron chi connectivity index (χ1n) is 9.47. The maximum atomic E-state index is 11.9. The molecule has 1 heterocycles. The second-order valence-electron chi connectivity index (χ2n) is 6.38. The highest BCUT2D eigenvalue weighted by molar-refractivity contribution is 5.90. The van der Waals surface area contributed by atoms with Gasteiger partial charge in [-0.1, -0.05) is 13.8 Å². The Morgan fingerprint density at radius 2 is 1.71 bits per heavy atom. The fraction of sp³-hybridized carbons (Fsp3) is 0.684. The monoisotopic (exact) mass is 400 g/mol. The molecular weight excluding hydrogens is 372 g/mol. The molecular formula is C19H28O9. The van der Waals surface area contributed by atoms with Crippen molar-refractivity contribution in [1.82, 2.24) is 0 Å². The predicted octanol–water partition coefficient (Wildman–Crippen LogP) is 2.12. The minimum absolute atomic E-state index is 0.0673. The zero-order chi connectivity index (χ0) is 20.9. The van der Waals surface area contributed by atoms with Crippen LogP contribution in [0.15, 0.2) is 12.2 Å². The van der Waals surface area contributed by atoms with Gasteiger partial charge in [0.1, 0.15) is 12.7 Å². The van der Waals surface area contributed by atoms with Crippen LogP contribution in [-0.2, 0) is 38.1 Å². The molecule has 3 atom stereocenters. The molecule has 28 heavy (non-hydrogen) atoms. The van der Waals surface area contributed by atoms with Crippen LogP contribution in [-0.4, -0.2) is 54.1 Å². The third-order valence-electron chi connectivity index (χ3n) is 3.87. The molecule has 0 aromatic rings. The SMILES string of the molecule is CCCC(=O)OCC1CCCC(C(OC(=O)/C=C/C(=O)O)OC(=O)CCC)O1. The van der Waals surface area contributed by atoms with Crippen LogP contribution in [0, 0.1) is 0 Å². The first-order chi connectivity index (χ1) is 13.3. The van der Waals surface area contributed by atoms with Gasteiger partial charge in [-0.05, 0) is 32.1 Å². The molecule has 0 bridgehead atoms. The van der Waals surface area contributed by atoms with Crippen molar-refractivity contribution in [2.45, 2.75) is 77.3 Å². The Bertz CT molecular complexity index is 570. The third-order valence-corrected chi connectivity index (χ3v) is 3.87.